The molecule has 1 fully saturated rings. The minimum absolute atomic E-state index is 0.0633. The fourth-order valence-electron chi connectivity index (χ4n) is 2.33. The number of halogens is 1. The minimum Gasteiger partial charge on any atom is -0.377 e. The molecule has 0 amide bonds. The molecule has 1 aromatic rings. The van der Waals surface area contributed by atoms with Gasteiger partial charge in [-0.15, -0.1) is 0 Å². The Hall–Kier alpha value is -0.910. The van der Waals surface area contributed by atoms with Crippen molar-refractivity contribution in [3.63, 3.8) is 0 Å². The highest BCUT2D eigenvalue weighted by Crippen LogP contribution is 2.24. The van der Waals surface area contributed by atoms with Crippen molar-refractivity contribution >= 4 is 17.4 Å². The number of methoxy groups -OCH3 is 2. The van der Waals surface area contributed by atoms with Gasteiger partial charge >= 0.3 is 0 Å². The van der Waals surface area contributed by atoms with E-state index in [-0.39, 0.29) is 12.2 Å². The molecule has 0 spiro atoms. The van der Waals surface area contributed by atoms with Crippen LogP contribution in [-0.2, 0) is 15.9 Å². The van der Waals surface area contributed by atoms with Crippen LogP contribution in [0.3, 0.4) is 0 Å². The van der Waals surface area contributed by atoms with Crippen LogP contribution in [0.25, 0.3) is 0 Å². The lowest BCUT2D eigenvalue weighted by atomic mass is 10.3. The Labute approximate surface area is 118 Å². The summed E-state index contributed by atoms with van der Waals surface area (Å²) in [6.45, 7) is 3.61. The number of rotatable bonds is 5. The van der Waals surface area contributed by atoms with Crippen molar-refractivity contribution in [1.29, 1.82) is 0 Å². The normalized spacial score (nSPS) is 23.1. The number of ether oxygens (including phenoxy) is 2. The van der Waals surface area contributed by atoms with E-state index in [1.165, 1.54) is 0 Å². The number of hydrogen-bond acceptors (Lipinski definition) is 5. The number of nitrogens with zero attached hydrogens (tertiary/aromatic N) is 3. The fourth-order valence-corrected chi connectivity index (χ4v) is 2.53. The lowest BCUT2D eigenvalue weighted by Gasteiger charge is -2.17. The predicted molar refractivity (Wildman–Crippen MR) is 74.8 cm³/mol. The van der Waals surface area contributed by atoms with E-state index in [2.05, 4.69) is 21.8 Å². The van der Waals surface area contributed by atoms with Crippen molar-refractivity contribution in [1.82, 2.24) is 9.97 Å². The third kappa shape index (κ3) is 3.35. The average molecular weight is 286 g/mol. The van der Waals surface area contributed by atoms with Gasteiger partial charge in [-0.05, 0) is 6.42 Å². The molecule has 0 radical (unpaired) electrons. The van der Waals surface area contributed by atoms with E-state index < -0.39 is 0 Å². The predicted octanol–water partition coefficient (Wildman–Crippen LogP) is 1.93. The molecule has 1 aromatic heterocycles. The first kappa shape index (κ1) is 14.5. The molecule has 1 aliphatic rings. The first-order chi connectivity index (χ1) is 9.17. The van der Waals surface area contributed by atoms with E-state index in [1.54, 1.807) is 20.3 Å². The number of aromatic nitrogens is 2. The highest BCUT2D eigenvalue weighted by molar-refractivity contribution is 6.29. The molecule has 6 heteroatoms. The molecule has 106 valence electrons. The standard InChI is InChI=1S/C13H20ClN3O2/c1-4-5-12-15-11(14)6-13(16-12)17-7-9(18-2)10(8-17)19-3/h6,9-10H,4-5,7-8H2,1-3H3. The lowest BCUT2D eigenvalue weighted by Crippen LogP contribution is -2.27. The zero-order valence-corrected chi connectivity index (χ0v) is 12.4. The van der Waals surface area contributed by atoms with Crippen LogP contribution in [0.2, 0.25) is 5.15 Å². The molecule has 2 heterocycles. The topological polar surface area (TPSA) is 47.5 Å². The van der Waals surface area contributed by atoms with Crippen LogP contribution >= 0.6 is 11.6 Å². The van der Waals surface area contributed by atoms with Crippen molar-refractivity contribution in [3.8, 4) is 0 Å². The van der Waals surface area contributed by atoms with Gasteiger partial charge in [-0.3, -0.25) is 0 Å². The molecule has 0 aromatic carbocycles. The van der Waals surface area contributed by atoms with Crippen molar-refractivity contribution in [2.45, 2.75) is 32.0 Å². The van der Waals surface area contributed by atoms with Gasteiger partial charge in [-0.25, -0.2) is 9.97 Å². The maximum Gasteiger partial charge on any atom is 0.134 e. The van der Waals surface area contributed by atoms with Crippen molar-refractivity contribution in [2.24, 2.45) is 0 Å². The summed E-state index contributed by atoms with van der Waals surface area (Å²) in [6.07, 6.45) is 1.96. The molecule has 0 bridgehead atoms. The van der Waals surface area contributed by atoms with Crippen molar-refractivity contribution in [2.75, 3.05) is 32.2 Å². The SMILES string of the molecule is CCCc1nc(Cl)cc(N2CC(OC)C(OC)C2)n1. The third-order valence-electron chi connectivity index (χ3n) is 3.35. The molecule has 0 aliphatic carbocycles. The molecule has 2 unspecified atom stereocenters. The highest BCUT2D eigenvalue weighted by atomic mass is 35.5. The third-order valence-corrected chi connectivity index (χ3v) is 3.54. The second-order valence-corrected chi connectivity index (χ2v) is 5.06. The summed E-state index contributed by atoms with van der Waals surface area (Å²) < 4.78 is 10.9. The Balaban J connectivity index is 2.18. The Morgan fingerprint density at radius 2 is 1.89 bits per heavy atom. The Morgan fingerprint density at radius 3 is 2.42 bits per heavy atom. The van der Waals surface area contributed by atoms with E-state index in [1.807, 2.05) is 0 Å². The van der Waals surface area contributed by atoms with Crippen LogP contribution in [0.4, 0.5) is 5.82 Å². The molecule has 19 heavy (non-hydrogen) atoms. The van der Waals surface area contributed by atoms with Crippen molar-refractivity contribution in [3.05, 3.63) is 17.0 Å². The molecular formula is C13H20ClN3O2. The van der Waals surface area contributed by atoms with E-state index >= 15 is 0 Å². The van der Waals surface area contributed by atoms with Crippen LogP contribution in [0.5, 0.6) is 0 Å². The number of aryl methyl sites for hydroxylation is 1. The molecule has 5 nitrogen and oxygen atoms in total. The van der Waals surface area contributed by atoms with Gasteiger partial charge in [-0.1, -0.05) is 18.5 Å². The minimum atomic E-state index is 0.0633. The van der Waals surface area contributed by atoms with Gasteiger partial charge in [0.1, 0.15) is 29.0 Å². The van der Waals surface area contributed by atoms with Gasteiger partial charge in [0.05, 0.1) is 0 Å². The number of hydrogen-bond donors (Lipinski definition) is 0. The molecule has 0 saturated carbocycles. The zero-order chi connectivity index (χ0) is 13.8. The molecule has 2 rings (SSSR count). The van der Waals surface area contributed by atoms with Gasteiger partial charge in [-0.2, -0.15) is 0 Å². The maximum absolute atomic E-state index is 6.06. The van der Waals surface area contributed by atoms with E-state index in [4.69, 9.17) is 21.1 Å². The summed E-state index contributed by atoms with van der Waals surface area (Å²) in [5.74, 6) is 1.64. The Kier molecular flexibility index (Phi) is 4.96. The molecule has 0 N–H and O–H groups in total. The second-order valence-electron chi connectivity index (χ2n) is 4.67. The molecule has 1 aliphatic heterocycles. The average Bonchev–Trinajstić information content (AvgIpc) is 2.81. The van der Waals surface area contributed by atoms with Gasteiger partial charge in [0.15, 0.2) is 0 Å². The summed E-state index contributed by atoms with van der Waals surface area (Å²) in [5.41, 5.74) is 0. The summed E-state index contributed by atoms with van der Waals surface area (Å²) >= 11 is 6.06. The second kappa shape index (κ2) is 6.50. The van der Waals surface area contributed by atoms with Crippen LogP contribution in [0.1, 0.15) is 19.2 Å². The van der Waals surface area contributed by atoms with Crippen LogP contribution in [0, 0.1) is 0 Å². The Bertz CT molecular complexity index is 418. The fraction of sp³-hybridized carbons (Fsp3) is 0.692. The summed E-state index contributed by atoms with van der Waals surface area (Å²) in [4.78, 5) is 10.9. The van der Waals surface area contributed by atoms with E-state index in [0.29, 0.717) is 5.15 Å². The van der Waals surface area contributed by atoms with Gasteiger partial charge in [0.2, 0.25) is 0 Å². The monoisotopic (exact) mass is 285 g/mol. The first-order valence-corrected chi connectivity index (χ1v) is 6.89. The van der Waals surface area contributed by atoms with Gasteiger partial charge in [0.25, 0.3) is 0 Å². The smallest absolute Gasteiger partial charge is 0.134 e. The maximum atomic E-state index is 6.06. The van der Waals surface area contributed by atoms with Crippen LogP contribution in [-0.4, -0.2) is 49.5 Å². The lowest BCUT2D eigenvalue weighted by molar-refractivity contribution is -0.00461. The zero-order valence-electron chi connectivity index (χ0n) is 11.6. The summed E-state index contributed by atoms with van der Waals surface area (Å²) in [5, 5.41) is 0.489. The number of anilines is 1. The largest absolute Gasteiger partial charge is 0.377 e. The quantitative estimate of drug-likeness (QED) is 0.774. The van der Waals surface area contributed by atoms with Crippen molar-refractivity contribution < 1.29 is 9.47 Å². The van der Waals surface area contributed by atoms with Gasteiger partial charge in [0, 0.05) is 39.8 Å². The van der Waals surface area contributed by atoms with Crippen LogP contribution in [0.15, 0.2) is 6.07 Å². The van der Waals surface area contributed by atoms with Gasteiger partial charge < -0.3 is 14.4 Å². The molecule has 1 saturated heterocycles. The Morgan fingerprint density at radius 1 is 1.26 bits per heavy atom. The highest BCUT2D eigenvalue weighted by Gasteiger charge is 2.33. The van der Waals surface area contributed by atoms with Crippen LogP contribution < -0.4 is 4.90 Å². The van der Waals surface area contributed by atoms with E-state index in [9.17, 15) is 0 Å². The first-order valence-electron chi connectivity index (χ1n) is 6.52. The molecular weight excluding hydrogens is 266 g/mol. The van der Waals surface area contributed by atoms with E-state index in [0.717, 1.165) is 37.6 Å². The summed E-state index contributed by atoms with van der Waals surface area (Å²) in [7, 11) is 3.41. The summed E-state index contributed by atoms with van der Waals surface area (Å²) in [6, 6.07) is 1.80. The molecule has 2 atom stereocenters.